The molecule has 0 spiro atoms. The van der Waals surface area contributed by atoms with Crippen molar-refractivity contribution >= 4 is 40.6 Å². The number of nitrogens with zero attached hydrogens (tertiary/aromatic N) is 2. The molecule has 2 nitrogen and oxygen atoms in total. The van der Waals surface area contributed by atoms with Gasteiger partial charge in [0.2, 0.25) is 0 Å². The molecule has 1 aromatic rings. The minimum atomic E-state index is 0.551. The van der Waals surface area contributed by atoms with Gasteiger partial charge in [0.15, 0.2) is 0 Å². The Morgan fingerprint density at radius 1 is 1.40 bits per heavy atom. The molecule has 1 aliphatic rings. The van der Waals surface area contributed by atoms with E-state index in [1.165, 1.54) is 12.8 Å². The second-order valence-corrected chi connectivity index (χ2v) is 4.79. The summed E-state index contributed by atoms with van der Waals surface area (Å²) in [6, 6.07) is 2.27. The van der Waals surface area contributed by atoms with Gasteiger partial charge < -0.3 is 4.90 Å². The van der Waals surface area contributed by atoms with Crippen molar-refractivity contribution in [1.29, 1.82) is 0 Å². The second-order valence-electron chi connectivity index (χ2n) is 3.57. The highest BCUT2D eigenvalue weighted by Crippen LogP contribution is 2.34. The molecular weight excluding hydrogens is 254 g/mol. The Kier molecular flexibility index (Phi) is 3.60. The Hall–Kier alpha value is -0.180. The molecule has 0 aliphatic heterocycles. The maximum atomic E-state index is 6.10. The quantitative estimate of drug-likeness (QED) is 0.773. The molecule has 82 valence electrons. The Balaban J connectivity index is 2.24. The van der Waals surface area contributed by atoms with Crippen LogP contribution < -0.4 is 4.90 Å². The molecule has 2 rings (SSSR count). The number of hydrogen-bond donors (Lipinski definition) is 0. The van der Waals surface area contributed by atoms with Gasteiger partial charge in [-0.1, -0.05) is 23.2 Å². The molecule has 0 bridgehead atoms. The smallest absolute Gasteiger partial charge is 0.147 e. The molecule has 0 amide bonds. The normalized spacial score (nSPS) is 15.4. The van der Waals surface area contributed by atoms with E-state index in [9.17, 15) is 0 Å². The molecule has 0 saturated heterocycles. The summed E-state index contributed by atoms with van der Waals surface area (Å²) in [5.41, 5.74) is 0. The van der Waals surface area contributed by atoms with Gasteiger partial charge in [-0.15, -0.1) is 11.6 Å². The first-order valence-corrected chi connectivity index (χ1v) is 6.15. The predicted molar refractivity (Wildman–Crippen MR) is 65.3 cm³/mol. The standard InChI is InChI=1S/C10H11Cl3N2/c11-3-4-15(8-1-2-8)10-9(13)5-7(12)6-14-10/h5-6,8H,1-4H2. The summed E-state index contributed by atoms with van der Waals surface area (Å²) >= 11 is 17.7. The fourth-order valence-electron chi connectivity index (χ4n) is 1.56. The topological polar surface area (TPSA) is 16.1 Å². The fraction of sp³-hybridized carbons (Fsp3) is 0.500. The van der Waals surface area contributed by atoms with E-state index in [1.807, 2.05) is 0 Å². The summed E-state index contributed by atoms with van der Waals surface area (Å²) in [5, 5.41) is 1.16. The molecule has 0 radical (unpaired) electrons. The summed E-state index contributed by atoms with van der Waals surface area (Å²) in [6.45, 7) is 0.778. The lowest BCUT2D eigenvalue weighted by atomic mass is 10.4. The molecule has 0 atom stereocenters. The van der Waals surface area contributed by atoms with E-state index >= 15 is 0 Å². The van der Waals surface area contributed by atoms with Crippen molar-refractivity contribution in [2.24, 2.45) is 0 Å². The zero-order valence-electron chi connectivity index (χ0n) is 8.09. The Morgan fingerprint density at radius 2 is 2.13 bits per heavy atom. The van der Waals surface area contributed by atoms with Crippen molar-refractivity contribution in [3.63, 3.8) is 0 Å². The third-order valence-electron chi connectivity index (χ3n) is 2.37. The predicted octanol–water partition coefficient (Wildman–Crippen LogP) is 3.60. The van der Waals surface area contributed by atoms with Crippen LogP contribution in [0.1, 0.15) is 12.8 Å². The lowest BCUT2D eigenvalue weighted by Gasteiger charge is -2.23. The number of alkyl halides is 1. The summed E-state index contributed by atoms with van der Waals surface area (Å²) in [4.78, 5) is 6.42. The van der Waals surface area contributed by atoms with Crippen molar-refractivity contribution in [3.05, 3.63) is 22.3 Å². The van der Waals surface area contributed by atoms with Gasteiger partial charge >= 0.3 is 0 Å². The number of rotatable bonds is 4. The molecule has 1 saturated carbocycles. The van der Waals surface area contributed by atoms with Crippen molar-refractivity contribution < 1.29 is 0 Å². The monoisotopic (exact) mass is 264 g/mol. The van der Waals surface area contributed by atoms with Gasteiger partial charge in [-0.05, 0) is 18.9 Å². The van der Waals surface area contributed by atoms with Crippen molar-refractivity contribution in [2.45, 2.75) is 18.9 Å². The van der Waals surface area contributed by atoms with E-state index in [0.717, 1.165) is 12.4 Å². The molecule has 0 aromatic carbocycles. The Labute approximate surface area is 104 Å². The van der Waals surface area contributed by atoms with Gasteiger partial charge in [0.05, 0.1) is 10.0 Å². The Bertz CT molecular complexity index is 353. The summed E-state index contributed by atoms with van der Waals surface area (Å²) in [6.07, 6.45) is 4.00. The molecule has 0 N–H and O–H groups in total. The molecule has 1 aliphatic carbocycles. The Morgan fingerprint density at radius 3 is 2.67 bits per heavy atom. The number of pyridine rings is 1. The molecule has 1 aromatic heterocycles. The molecule has 5 heteroatoms. The van der Waals surface area contributed by atoms with Gasteiger partial charge in [-0.2, -0.15) is 0 Å². The summed E-state index contributed by atoms with van der Waals surface area (Å²) < 4.78 is 0. The van der Waals surface area contributed by atoms with Crippen LogP contribution in [-0.4, -0.2) is 23.5 Å². The first-order chi connectivity index (χ1) is 7.22. The van der Waals surface area contributed by atoms with Crippen LogP contribution >= 0.6 is 34.8 Å². The van der Waals surface area contributed by atoms with Crippen LogP contribution in [-0.2, 0) is 0 Å². The molecule has 15 heavy (non-hydrogen) atoms. The van der Waals surface area contributed by atoms with Crippen LogP contribution in [0.15, 0.2) is 12.3 Å². The zero-order valence-corrected chi connectivity index (χ0v) is 10.4. The van der Waals surface area contributed by atoms with Crippen LogP contribution in [0.25, 0.3) is 0 Å². The third-order valence-corrected chi connectivity index (χ3v) is 3.03. The maximum Gasteiger partial charge on any atom is 0.147 e. The van der Waals surface area contributed by atoms with E-state index < -0.39 is 0 Å². The van der Waals surface area contributed by atoms with Gasteiger partial charge in [-0.25, -0.2) is 4.98 Å². The molecular formula is C10H11Cl3N2. The van der Waals surface area contributed by atoms with E-state index in [4.69, 9.17) is 34.8 Å². The molecule has 1 fully saturated rings. The fourth-order valence-corrected chi connectivity index (χ4v) is 2.23. The highest BCUT2D eigenvalue weighted by atomic mass is 35.5. The van der Waals surface area contributed by atoms with Crippen molar-refractivity contribution in [1.82, 2.24) is 4.98 Å². The van der Waals surface area contributed by atoms with E-state index in [2.05, 4.69) is 9.88 Å². The van der Waals surface area contributed by atoms with Crippen LogP contribution in [0.3, 0.4) is 0 Å². The number of anilines is 1. The largest absolute Gasteiger partial charge is 0.351 e. The van der Waals surface area contributed by atoms with Crippen LogP contribution in [0, 0.1) is 0 Å². The zero-order chi connectivity index (χ0) is 10.8. The van der Waals surface area contributed by atoms with E-state index in [1.54, 1.807) is 12.3 Å². The molecule has 0 unspecified atom stereocenters. The van der Waals surface area contributed by atoms with E-state index in [0.29, 0.717) is 22.0 Å². The van der Waals surface area contributed by atoms with Gasteiger partial charge in [0.1, 0.15) is 5.82 Å². The summed E-state index contributed by atoms with van der Waals surface area (Å²) in [7, 11) is 0. The highest BCUT2D eigenvalue weighted by molar-refractivity contribution is 6.36. The number of hydrogen-bond acceptors (Lipinski definition) is 2. The lowest BCUT2D eigenvalue weighted by Crippen LogP contribution is -2.28. The minimum Gasteiger partial charge on any atom is -0.351 e. The number of halogens is 3. The maximum absolute atomic E-state index is 6.10. The second kappa shape index (κ2) is 4.77. The average Bonchev–Trinajstić information content (AvgIpc) is 2.98. The SMILES string of the molecule is ClCCN(c1ncc(Cl)cc1Cl)C1CC1. The third kappa shape index (κ3) is 2.68. The first-order valence-electron chi connectivity index (χ1n) is 4.86. The lowest BCUT2D eigenvalue weighted by molar-refractivity contribution is 0.812. The summed E-state index contributed by atoms with van der Waals surface area (Å²) in [5.74, 6) is 1.38. The van der Waals surface area contributed by atoms with Crippen molar-refractivity contribution in [2.75, 3.05) is 17.3 Å². The number of aromatic nitrogens is 1. The first kappa shape index (κ1) is 11.3. The van der Waals surface area contributed by atoms with Gasteiger partial charge in [0, 0.05) is 24.7 Å². The van der Waals surface area contributed by atoms with E-state index in [-0.39, 0.29) is 0 Å². The van der Waals surface area contributed by atoms with Crippen LogP contribution in [0.5, 0.6) is 0 Å². The van der Waals surface area contributed by atoms with Gasteiger partial charge in [-0.3, -0.25) is 0 Å². The van der Waals surface area contributed by atoms with Crippen LogP contribution in [0.2, 0.25) is 10.0 Å². The average molecular weight is 266 g/mol. The van der Waals surface area contributed by atoms with Gasteiger partial charge in [0.25, 0.3) is 0 Å². The highest BCUT2D eigenvalue weighted by Gasteiger charge is 2.30. The minimum absolute atomic E-state index is 0.551. The molecule has 1 heterocycles. The van der Waals surface area contributed by atoms with Crippen LogP contribution in [0.4, 0.5) is 5.82 Å². The van der Waals surface area contributed by atoms with Crippen molar-refractivity contribution in [3.8, 4) is 0 Å².